The van der Waals surface area contributed by atoms with Gasteiger partial charge < -0.3 is 14.3 Å². The number of hydrogen-bond donors (Lipinski definition) is 3. The summed E-state index contributed by atoms with van der Waals surface area (Å²) in [7, 11) is -1.57. The third-order valence-electron chi connectivity index (χ3n) is 2.41. The monoisotopic (exact) mass is 269 g/mol. The fraction of sp³-hybridized carbons (Fsp3) is 0.750. The van der Waals surface area contributed by atoms with Crippen molar-refractivity contribution in [2.45, 2.75) is 13.3 Å². The van der Waals surface area contributed by atoms with Gasteiger partial charge in [-0.2, -0.15) is 0 Å². The third kappa shape index (κ3) is 5.10. The lowest BCUT2D eigenvalue weighted by Gasteiger charge is -2.35. The number of hydrogen-bond acceptors (Lipinski definition) is 5. The summed E-state index contributed by atoms with van der Waals surface area (Å²) >= 11 is 0.831. The van der Waals surface area contributed by atoms with Crippen molar-refractivity contribution >= 4 is 28.0 Å². The molecule has 1 heterocycles. The van der Waals surface area contributed by atoms with Crippen LogP contribution in [0.1, 0.15) is 13.3 Å². The highest BCUT2D eigenvalue weighted by molar-refractivity contribution is 8.47. The van der Waals surface area contributed by atoms with Crippen LogP contribution in [-0.2, 0) is 0 Å². The fourth-order valence-electron chi connectivity index (χ4n) is 1.86. The molecule has 1 rings (SSSR count). The molecule has 7 heteroatoms. The van der Waals surface area contributed by atoms with Gasteiger partial charge in [0.1, 0.15) is 0 Å². The topological polar surface area (TPSA) is 63.9 Å². The number of nitrogens with zero attached hydrogens (tertiary/aromatic N) is 1. The molecular weight excluding hydrogens is 252 g/mol. The Bertz CT molecular complexity index is 218. The Morgan fingerprint density at radius 2 is 2.20 bits per heavy atom. The van der Waals surface area contributed by atoms with Gasteiger partial charge in [-0.05, 0) is 26.0 Å². The molecule has 1 saturated heterocycles. The molecule has 3 unspecified atom stereocenters. The zero-order valence-corrected chi connectivity index (χ0v) is 11.3. The van der Waals surface area contributed by atoms with E-state index in [1.165, 1.54) is 0 Å². The van der Waals surface area contributed by atoms with E-state index in [2.05, 4.69) is 13.0 Å². The molecule has 0 spiro atoms. The maximum atomic E-state index is 9.16. The van der Waals surface area contributed by atoms with E-state index in [0.717, 1.165) is 24.6 Å². The van der Waals surface area contributed by atoms with E-state index >= 15 is 0 Å². The first-order valence-corrected chi connectivity index (χ1v) is 8.56. The molecule has 1 aliphatic rings. The first kappa shape index (κ1) is 13.9. The minimum atomic E-state index is -1.94. The van der Waals surface area contributed by atoms with Crippen LogP contribution in [0.2, 0.25) is 0 Å². The molecule has 0 saturated carbocycles. The van der Waals surface area contributed by atoms with Gasteiger partial charge in [-0.1, -0.05) is 18.8 Å². The highest BCUT2D eigenvalue weighted by Gasteiger charge is 2.26. The summed E-state index contributed by atoms with van der Waals surface area (Å²) in [4.78, 5) is 18.3. The second-order valence-electron chi connectivity index (χ2n) is 3.81. The Morgan fingerprint density at radius 3 is 2.80 bits per heavy atom. The SMILES string of the molecule is CC1CC(/C=C/PSO)CN(P(O)O)C1. The number of piperidine rings is 1. The Kier molecular flexibility index (Phi) is 6.63. The summed E-state index contributed by atoms with van der Waals surface area (Å²) in [6.45, 7) is 3.59. The fourth-order valence-corrected chi connectivity index (χ4v) is 3.47. The van der Waals surface area contributed by atoms with Gasteiger partial charge in [-0.15, -0.1) is 0 Å². The van der Waals surface area contributed by atoms with E-state index < -0.39 is 8.53 Å². The summed E-state index contributed by atoms with van der Waals surface area (Å²) < 4.78 is 10.3. The van der Waals surface area contributed by atoms with Crippen LogP contribution in [0.3, 0.4) is 0 Å². The van der Waals surface area contributed by atoms with Crippen LogP contribution in [0.4, 0.5) is 0 Å². The maximum Gasteiger partial charge on any atom is 0.253 e. The summed E-state index contributed by atoms with van der Waals surface area (Å²) in [6, 6.07) is 0. The van der Waals surface area contributed by atoms with E-state index in [4.69, 9.17) is 14.3 Å². The predicted octanol–water partition coefficient (Wildman–Crippen LogP) is 2.47. The van der Waals surface area contributed by atoms with Crippen LogP contribution in [0.5, 0.6) is 0 Å². The molecule has 0 amide bonds. The van der Waals surface area contributed by atoms with Crippen molar-refractivity contribution in [1.29, 1.82) is 0 Å². The standard InChI is InChI=1S/C8H17NO3P2S/c1-7-4-8(2-3-13-15-12)6-9(5-7)14(10)11/h2-3,7-8,10-13H,4-6H2,1H3/b3-2+. The lowest BCUT2D eigenvalue weighted by atomic mass is 9.92. The minimum Gasteiger partial charge on any atom is -0.338 e. The van der Waals surface area contributed by atoms with Crippen LogP contribution >= 0.6 is 28.0 Å². The second-order valence-corrected chi connectivity index (χ2v) is 6.92. The van der Waals surface area contributed by atoms with Gasteiger partial charge in [0.05, 0.1) is 0 Å². The van der Waals surface area contributed by atoms with Crippen molar-refractivity contribution in [3.8, 4) is 0 Å². The van der Waals surface area contributed by atoms with Crippen LogP contribution in [0.15, 0.2) is 11.9 Å². The van der Waals surface area contributed by atoms with Crippen molar-refractivity contribution in [3.63, 3.8) is 0 Å². The summed E-state index contributed by atoms with van der Waals surface area (Å²) in [6.07, 6.45) is 3.15. The van der Waals surface area contributed by atoms with Crippen LogP contribution in [-0.4, -0.2) is 32.1 Å². The zero-order valence-electron chi connectivity index (χ0n) is 8.58. The molecule has 0 bridgehead atoms. The molecule has 0 aromatic heterocycles. The minimum absolute atomic E-state index is 0.371. The average Bonchev–Trinajstić information content (AvgIpc) is 2.17. The first-order valence-electron chi connectivity index (χ1n) is 4.78. The average molecular weight is 269 g/mol. The second kappa shape index (κ2) is 7.18. The van der Waals surface area contributed by atoms with E-state index in [9.17, 15) is 0 Å². The quantitative estimate of drug-likeness (QED) is 0.540. The molecule has 0 aromatic carbocycles. The van der Waals surface area contributed by atoms with E-state index in [-0.39, 0.29) is 0 Å². The van der Waals surface area contributed by atoms with Crippen LogP contribution in [0, 0.1) is 11.8 Å². The Morgan fingerprint density at radius 1 is 1.47 bits per heavy atom. The molecule has 3 atom stereocenters. The molecule has 88 valence electrons. The Hall–Kier alpha value is 0.790. The first-order chi connectivity index (χ1) is 7.13. The van der Waals surface area contributed by atoms with Crippen LogP contribution < -0.4 is 0 Å². The zero-order chi connectivity index (χ0) is 11.3. The Labute approximate surface area is 97.5 Å². The summed E-state index contributed by atoms with van der Waals surface area (Å²) in [5.74, 6) is 2.82. The molecule has 3 N–H and O–H groups in total. The van der Waals surface area contributed by atoms with Gasteiger partial charge in [-0.25, -0.2) is 4.67 Å². The van der Waals surface area contributed by atoms with Gasteiger partial charge in [-0.3, -0.25) is 0 Å². The van der Waals surface area contributed by atoms with Gasteiger partial charge in [0.25, 0.3) is 8.53 Å². The lowest BCUT2D eigenvalue weighted by molar-refractivity contribution is 0.216. The third-order valence-corrected chi connectivity index (χ3v) is 4.41. The maximum absolute atomic E-state index is 9.16. The van der Waals surface area contributed by atoms with Gasteiger partial charge in [0, 0.05) is 24.8 Å². The highest BCUT2D eigenvalue weighted by atomic mass is 32.7. The molecule has 0 radical (unpaired) electrons. The molecule has 1 aliphatic heterocycles. The van der Waals surface area contributed by atoms with E-state index in [0.29, 0.717) is 26.2 Å². The molecule has 15 heavy (non-hydrogen) atoms. The van der Waals surface area contributed by atoms with Crippen molar-refractivity contribution in [2.75, 3.05) is 13.1 Å². The predicted molar refractivity (Wildman–Crippen MR) is 67.9 cm³/mol. The van der Waals surface area contributed by atoms with Gasteiger partial charge in [0.15, 0.2) is 0 Å². The normalized spacial score (nSPS) is 29.9. The van der Waals surface area contributed by atoms with Crippen molar-refractivity contribution in [3.05, 3.63) is 11.9 Å². The number of rotatable bonds is 4. The van der Waals surface area contributed by atoms with Crippen LogP contribution in [0.25, 0.3) is 0 Å². The van der Waals surface area contributed by atoms with Crippen molar-refractivity contribution in [1.82, 2.24) is 4.67 Å². The van der Waals surface area contributed by atoms with Gasteiger partial charge >= 0.3 is 0 Å². The van der Waals surface area contributed by atoms with E-state index in [1.807, 2.05) is 5.82 Å². The summed E-state index contributed by atoms with van der Waals surface area (Å²) in [5.41, 5.74) is 0. The summed E-state index contributed by atoms with van der Waals surface area (Å²) in [5, 5.41) is 0. The molecule has 4 nitrogen and oxygen atoms in total. The highest BCUT2D eigenvalue weighted by Crippen LogP contribution is 2.37. The molecule has 0 aromatic rings. The molecular formula is C8H17NO3P2S. The Balaban J connectivity index is 2.44. The smallest absolute Gasteiger partial charge is 0.253 e. The van der Waals surface area contributed by atoms with Gasteiger partial charge in [0.2, 0.25) is 0 Å². The molecule has 0 aliphatic carbocycles. The van der Waals surface area contributed by atoms with Crippen molar-refractivity contribution in [2.24, 2.45) is 11.8 Å². The van der Waals surface area contributed by atoms with Crippen molar-refractivity contribution < 1.29 is 14.3 Å². The lowest BCUT2D eigenvalue weighted by Crippen LogP contribution is -2.35. The largest absolute Gasteiger partial charge is 0.338 e. The molecule has 1 fully saturated rings. The van der Waals surface area contributed by atoms with E-state index in [1.54, 1.807) is 4.67 Å².